The van der Waals surface area contributed by atoms with Crippen molar-refractivity contribution in [3.8, 4) is 0 Å². The van der Waals surface area contributed by atoms with Crippen LogP contribution in [0, 0.1) is 5.92 Å². The van der Waals surface area contributed by atoms with Crippen LogP contribution >= 0.6 is 11.5 Å². The first-order valence-electron chi connectivity index (χ1n) is 3.23. The molecule has 0 spiro atoms. The number of nitrogens with zero attached hydrogens (tertiary/aromatic N) is 1. The third kappa shape index (κ3) is 1.95. The molecule has 0 radical (unpaired) electrons. The maximum absolute atomic E-state index is 10.5. The molecular formula is C6H10N2OS. The molecule has 3 nitrogen and oxygen atoms in total. The van der Waals surface area contributed by atoms with Crippen LogP contribution in [0.1, 0.15) is 18.9 Å². The van der Waals surface area contributed by atoms with E-state index in [4.69, 9.17) is 0 Å². The molecule has 0 unspecified atom stereocenters. The molecule has 0 amide bonds. The summed E-state index contributed by atoms with van der Waals surface area (Å²) >= 11 is 1.33. The predicted molar refractivity (Wildman–Crippen MR) is 41.3 cm³/mol. The maximum Gasteiger partial charge on any atom is 0.355 e. The molecule has 0 atom stereocenters. The van der Waals surface area contributed by atoms with E-state index in [-0.39, 0.29) is 5.69 Å². The van der Waals surface area contributed by atoms with Gasteiger partial charge in [0.25, 0.3) is 0 Å². The number of rotatable bonds is 2. The van der Waals surface area contributed by atoms with Crippen LogP contribution in [0.15, 0.2) is 4.79 Å². The van der Waals surface area contributed by atoms with Gasteiger partial charge in [-0.25, -0.2) is 4.79 Å². The number of nitrogens with one attached hydrogen (secondary N) is 1. The van der Waals surface area contributed by atoms with Crippen LogP contribution in [0.2, 0.25) is 0 Å². The van der Waals surface area contributed by atoms with Crippen molar-refractivity contribution in [3.63, 3.8) is 0 Å². The highest BCUT2D eigenvalue weighted by Gasteiger charge is 2.00. The van der Waals surface area contributed by atoms with E-state index in [1.165, 1.54) is 11.5 Å². The standard InChI is InChI=1S/C6H10N2OS/c1-4(2)3-5-7-6(9)8-10-5/h4H,3H2,1-2H3,(H,8,9). The molecule has 1 aromatic heterocycles. The average molecular weight is 158 g/mol. The van der Waals surface area contributed by atoms with Gasteiger partial charge in [0.1, 0.15) is 5.01 Å². The summed E-state index contributed by atoms with van der Waals surface area (Å²) in [4.78, 5) is 14.3. The van der Waals surface area contributed by atoms with Gasteiger partial charge in [-0.05, 0) is 17.5 Å². The minimum atomic E-state index is -0.222. The summed E-state index contributed by atoms with van der Waals surface area (Å²) in [6, 6.07) is 0. The molecule has 0 bridgehead atoms. The Kier molecular flexibility index (Phi) is 2.21. The summed E-state index contributed by atoms with van der Waals surface area (Å²) in [5.41, 5.74) is -0.222. The Morgan fingerprint density at radius 1 is 1.70 bits per heavy atom. The van der Waals surface area contributed by atoms with Gasteiger partial charge in [0.2, 0.25) is 0 Å². The molecule has 56 valence electrons. The molecule has 0 fully saturated rings. The number of hydrogen-bond acceptors (Lipinski definition) is 3. The number of aromatic nitrogens is 2. The molecule has 1 rings (SSSR count). The molecule has 4 heteroatoms. The monoisotopic (exact) mass is 158 g/mol. The van der Waals surface area contributed by atoms with Gasteiger partial charge in [0.05, 0.1) is 0 Å². The average Bonchev–Trinajstić information content (AvgIpc) is 2.13. The lowest BCUT2D eigenvalue weighted by atomic mass is 10.1. The quantitative estimate of drug-likeness (QED) is 0.698. The number of H-pyrrole nitrogens is 1. The van der Waals surface area contributed by atoms with E-state index in [0.29, 0.717) is 5.92 Å². The van der Waals surface area contributed by atoms with E-state index >= 15 is 0 Å². The van der Waals surface area contributed by atoms with Crippen LogP contribution in [0.25, 0.3) is 0 Å². The van der Waals surface area contributed by atoms with Crippen molar-refractivity contribution in [2.24, 2.45) is 5.92 Å². The topological polar surface area (TPSA) is 45.8 Å². The van der Waals surface area contributed by atoms with Crippen LogP contribution < -0.4 is 5.69 Å². The van der Waals surface area contributed by atoms with E-state index in [1.54, 1.807) is 0 Å². The van der Waals surface area contributed by atoms with E-state index in [0.717, 1.165) is 11.4 Å². The SMILES string of the molecule is CC(C)Cc1nc(=O)[nH]s1. The first-order valence-corrected chi connectivity index (χ1v) is 4.04. The summed E-state index contributed by atoms with van der Waals surface area (Å²) in [6.07, 6.45) is 0.892. The molecule has 0 saturated heterocycles. The molecule has 0 aliphatic rings. The lowest BCUT2D eigenvalue weighted by Gasteiger charge is -1.96. The van der Waals surface area contributed by atoms with E-state index in [2.05, 4.69) is 23.2 Å². The maximum atomic E-state index is 10.5. The molecule has 0 aliphatic heterocycles. The zero-order valence-corrected chi connectivity index (χ0v) is 6.86. The third-order valence-electron chi connectivity index (χ3n) is 1.07. The van der Waals surface area contributed by atoms with Gasteiger partial charge in [-0.3, -0.25) is 4.37 Å². The van der Waals surface area contributed by atoms with Gasteiger partial charge in [0, 0.05) is 6.42 Å². The smallest absolute Gasteiger partial charge is 0.260 e. The minimum absolute atomic E-state index is 0.222. The zero-order valence-electron chi connectivity index (χ0n) is 6.05. The van der Waals surface area contributed by atoms with E-state index in [1.807, 2.05) is 0 Å². The van der Waals surface area contributed by atoms with Gasteiger partial charge in [-0.2, -0.15) is 4.98 Å². The highest BCUT2D eigenvalue weighted by atomic mass is 32.1. The van der Waals surface area contributed by atoms with Gasteiger partial charge in [-0.1, -0.05) is 13.8 Å². The first kappa shape index (κ1) is 7.47. The first-order chi connectivity index (χ1) is 4.68. The number of aromatic amines is 1. The van der Waals surface area contributed by atoms with Crippen molar-refractivity contribution in [2.45, 2.75) is 20.3 Å². The van der Waals surface area contributed by atoms with Crippen molar-refractivity contribution >= 4 is 11.5 Å². The molecule has 0 aliphatic carbocycles. The normalized spacial score (nSPS) is 10.7. The van der Waals surface area contributed by atoms with Crippen LogP contribution in [-0.2, 0) is 6.42 Å². The Morgan fingerprint density at radius 3 is 2.80 bits per heavy atom. The molecule has 1 heterocycles. The fourth-order valence-corrected chi connectivity index (χ4v) is 1.49. The summed E-state index contributed by atoms with van der Waals surface area (Å²) in [5, 5.41) is 0.903. The Bertz CT molecular complexity index is 250. The van der Waals surface area contributed by atoms with Gasteiger partial charge < -0.3 is 0 Å². The molecule has 1 N–H and O–H groups in total. The Labute approximate surface area is 63.3 Å². The summed E-state index contributed by atoms with van der Waals surface area (Å²) in [7, 11) is 0. The Hall–Kier alpha value is -0.640. The Balaban J connectivity index is 2.67. The van der Waals surface area contributed by atoms with Gasteiger partial charge >= 0.3 is 5.69 Å². The van der Waals surface area contributed by atoms with Crippen molar-refractivity contribution in [3.05, 3.63) is 15.5 Å². The van der Waals surface area contributed by atoms with Crippen molar-refractivity contribution < 1.29 is 0 Å². The lowest BCUT2D eigenvalue weighted by Crippen LogP contribution is -2.02. The fraction of sp³-hybridized carbons (Fsp3) is 0.667. The minimum Gasteiger partial charge on any atom is -0.260 e. The zero-order chi connectivity index (χ0) is 7.56. The van der Waals surface area contributed by atoms with Crippen molar-refractivity contribution in [1.29, 1.82) is 0 Å². The molecular weight excluding hydrogens is 148 g/mol. The molecule has 10 heavy (non-hydrogen) atoms. The summed E-state index contributed by atoms with van der Waals surface area (Å²) in [5.74, 6) is 0.568. The largest absolute Gasteiger partial charge is 0.355 e. The molecule has 0 saturated carbocycles. The van der Waals surface area contributed by atoms with Crippen LogP contribution in [0.5, 0.6) is 0 Å². The fourth-order valence-electron chi connectivity index (χ4n) is 0.698. The second-order valence-corrected chi connectivity index (χ2v) is 3.49. The lowest BCUT2D eigenvalue weighted by molar-refractivity contribution is 0.643. The van der Waals surface area contributed by atoms with Crippen LogP contribution in [0.3, 0.4) is 0 Å². The third-order valence-corrected chi connectivity index (χ3v) is 1.84. The second-order valence-electron chi connectivity index (χ2n) is 2.61. The summed E-state index contributed by atoms with van der Waals surface area (Å²) < 4.78 is 2.55. The van der Waals surface area contributed by atoms with Crippen LogP contribution in [-0.4, -0.2) is 9.36 Å². The van der Waals surface area contributed by atoms with Crippen LogP contribution in [0.4, 0.5) is 0 Å². The second kappa shape index (κ2) is 2.96. The van der Waals surface area contributed by atoms with Gasteiger partial charge in [0.15, 0.2) is 0 Å². The summed E-state index contributed by atoms with van der Waals surface area (Å²) in [6.45, 7) is 4.21. The predicted octanol–water partition coefficient (Wildman–Crippen LogP) is 1.03. The van der Waals surface area contributed by atoms with E-state index in [9.17, 15) is 4.79 Å². The molecule has 1 aromatic rings. The van der Waals surface area contributed by atoms with Gasteiger partial charge in [-0.15, -0.1) is 0 Å². The molecule has 0 aromatic carbocycles. The highest BCUT2D eigenvalue weighted by molar-refractivity contribution is 7.05. The Morgan fingerprint density at radius 2 is 2.40 bits per heavy atom. The highest BCUT2D eigenvalue weighted by Crippen LogP contribution is 2.05. The van der Waals surface area contributed by atoms with Crippen molar-refractivity contribution in [2.75, 3.05) is 0 Å². The van der Waals surface area contributed by atoms with E-state index < -0.39 is 0 Å². The number of hydrogen-bond donors (Lipinski definition) is 1. The van der Waals surface area contributed by atoms with Crippen molar-refractivity contribution in [1.82, 2.24) is 9.36 Å².